The molecule has 0 aliphatic heterocycles. The van der Waals surface area contributed by atoms with Crippen LogP contribution in [0.5, 0.6) is 5.75 Å². The quantitative estimate of drug-likeness (QED) is 0.586. The number of aromatic amines is 1. The second-order valence-electron chi connectivity index (χ2n) is 4.08. The van der Waals surface area contributed by atoms with Gasteiger partial charge < -0.3 is 15.4 Å². The summed E-state index contributed by atoms with van der Waals surface area (Å²) in [5.41, 5.74) is 0.874. The molecule has 6 nitrogen and oxygen atoms in total. The molecule has 0 aliphatic rings. The highest BCUT2D eigenvalue weighted by atomic mass is 32.2. The van der Waals surface area contributed by atoms with Crippen LogP contribution in [0.4, 0.5) is 5.69 Å². The van der Waals surface area contributed by atoms with Crippen molar-refractivity contribution in [1.29, 1.82) is 0 Å². The van der Waals surface area contributed by atoms with Gasteiger partial charge >= 0.3 is 0 Å². The monoisotopic (exact) mass is 291 g/mol. The Labute approximate surface area is 119 Å². The number of aryl methyl sites for hydroxylation is 1. The van der Waals surface area contributed by atoms with E-state index in [4.69, 9.17) is 0 Å². The molecular weight excluding hydrogens is 278 g/mol. The second-order valence-corrected chi connectivity index (χ2v) is 5.04. The van der Waals surface area contributed by atoms with Crippen LogP contribution in [0.25, 0.3) is 0 Å². The molecule has 0 fully saturated rings. The standard InChI is InChI=1S/C13H13N3O3S/c1-8-5-11(18)16-13(14-8)20-7-12(19)15-9-3-2-4-10(17)6-9/h2-6,17H,7H2,1H3,(H,15,19)(H,14,16,18). The van der Waals surface area contributed by atoms with Gasteiger partial charge in [0, 0.05) is 23.5 Å². The maximum atomic E-state index is 11.7. The van der Waals surface area contributed by atoms with Crippen molar-refractivity contribution in [2.45, 2.75) is 12.1 Å². The van der Waals surface area contributed by atoms with Crippen LogP contribution in [0.1, 0.15) is 5.69 Å². The lowest BCUT2D eigenvalue weighted by Crippen LogP contribution is -2.15. The fourth-order valence-corrected chi connectivity index (χ4v) is 2.26. The van der Waals surface area contributed by atoms with Gasteiger partial charge in [-0.1, -0.05) is 17.8 Å². The first-order chi connectivity index (χ1) is 9.52. The summed E-state index contributed by atoms with van der Waals surface area (Å²) in [6, 6.07) is 7.67. The number of carbonyl (C=O) groups is 1. The zero-order valence-electron chi connectivity index (χ0n) is 10.7. The second kappa shape index (κ2) is 6.25. The number of nitrogens with one attached hydrogen (secondary N) is 2. The molecule has 0 aliphatic carbocycles. The topological polar surface area (TPSA) is 95.1 Å². The Bertz CT molecular complexity index is 685. The van der Waals surface area contributed by atoms with Crippen molar-refractivity contribution in [2.24, 2.45) is 0 Å². The third kappa shape index (κ3) is 4.13. The predicted octanol–water partition coefficient (Wildman–Crippen LogP) is 1.51. The van der Waals surface area contributed by atoms with E-state index in [0.717, 1.165) is 11.8 Å². The Hall–Kier alpha value is -2.28. The molecule has 104 valence electrons. The molecular formula is C13H13N3O3S. The number of carbonyl (C=O) groups excluding carboxylic acids is 1. The van der Waals surface area contributed by atoms with Gasteiger partial charge in [-0.2, -0.15) is 0 Å². The highest BCUT2D eigenvalue weighted by molar-refractivity contribution is 7.99. The molecule has 0 saturated carbocycles. The van der Waals surface area contributed by atoms with Crippen LogP contribution in [-0.4, -0.2) is 26.7 Å². The van der Waals surface area contributed by atoms with Gasteiger partial charge in [-0.25, -0.2) is 4.98 Å². The number of amides is 1. The molecule has 1 amide bonds. The molecule has 1 heterocycles. The Morgan fingerprint density at radius 1 is 1.45 bits per heavy atom. The van der Waals surface area contributed by atoms with E-state index in [1.807, 2.05) is 0 Å². The third-order valence-electron chi connectivity index (χ3n) is 2.32. The van der Waals surface area contributed by atoms with E-state index in [9.17, 15) is 14.7 Å². The minimum atomic E-state index is -0.246. The van der Waals surface area contributed by atoms with Gasteiger partial charge in [0.05, 0.1) is 5.75 Å². The number of phenols is 1. The van der Waals surface area contributed by atoms with Crippen molar-refractivity contribution in [2.75, 3.05) is 11.1 Å². The largest absolute Gasteiger partial charge is 0.508 e. The van der Waals surface area contributed by atoms with Gasteiger partial charge in [-0.3, -0.25) is 9.59 Å². The summed E-state index contributed by atoms with van der Waals surface area (Å²) in [5.74, 6) is -0.0490. The van der Waals surface area contributed by atoms with E-state index >= 15 is 0 Å². The lowest BCUT2D eigenvalue weighted by atomic mass is 10.3. The SMILES string of the molecule is Cc1cc(=O)[nH]c(SCC(=O)Nc2cccc(O)c2)n1. The molecule has 20 heavy (non-hydrogen) atoms. The number of aromatic nitrogens is 2. The van der Waals surface area contributed by atoms with Crippen molar-refractivity contribution in [1.82, 2.24) is 9.97 Å². The lowest BCUT2D eigenvalue weighted by Gasteiger charge is -2.05. The van der Waals surface area contributed by atoms with Gasteiger partial charge in [-0.15, -0.1) is 0 Å². The average Bonchev–Trinajstić information content (AvgIpc) is 2.35. The molecule has 7 heteroatoms. The summed E-state index contributed by atoms with van der Waals surface area (Å²) in [7, 11) is 0. The van der Waals surface area contributed by atoms with Crippen LogP contribution in [0, 0.1) is 6.92 Å². The highest BCUT2D eigenvalue weighted by Gasteiger charge is 2.06. The van der Waals surface area contributed by atoms with Crippen molar-refractivity contribution in [3.05, 3.63) is 46.4 Å². The van der Waals surface area contributed by atoms with Crippen LogP contribution in [0.2, 0.25) is 0 Å². The smallest absolute Gasteiger partial charge is 0.251 e. The van der Waals surface area contributed by atoms with Crippen LogP contribution < -0.4 is 10.9 Å². The summed E-state index contributed by atoms with van der Waals surface area (Å²) < 4.78 is 0. The summed E-state index contributed by atoms with van der Waals surface area (Å²) in [5, 5.41) is 12.3. The van der Waals surface area contributed by atoms with Gasteiger partial charge in [0.15, 0.2) is 5.16 Å². The number of benzene rings is 1. The van der Waals surface area contributed by atoms with E-state index in [2.05, 4.69) is 15.3 Å². The molecule has 2 rings (SSSR count). The first-order valence-electron chi connectivity index (χ1n) is 5.82. The number of nitrogens with zero attached hydrogens (tertiary/aromatic N) is 1. The number of anilines is 1. The Kier molecular flexibility index (Phi) is 4.41. The summed E-state index contributed by atoms with van der Waals surface area (Å²) >= 11 is 1.14. The molecule has 0 bridgehead atoms. The van der Waals surface area contributed by atoms with Crippen molar-refractivity contribution in [3.63, 3.8) is 0 Å². The van der Waals surface area contributed by atoms with Gasteiger partial charge in [0.2, 0.25) is 5.91 Å². The molecule has 2 aromatic rings. The first kappa shape index (κ1) is 14.1. The first-order valence-corrected chi connectivity index (χ1v) is 6.81. The fraction of sp³-hybridized carbons (Fsp3) is 0.154. The molecule has 0 radical (unpaired) electrons. The van der Waals surface area contributed by atoms with Crippen LogP contribution in [-0.2, 0) is 4.79 Å². The molecule has 0 unspecified atom stereocenters. The van der Waals surface area contributed by atoms with E-state index in [0.29, 0.717) is 16.5 Å². The number of H-pyrrole nitrogens is 1. The average molecular weight is 291 g/mol. The maximum Gasteiger partial charge on any atom is 0.251 e. The number of thioether (sulfide) groups is 1. The molecule has 0 spiro atoms. The molecule has 0 atom stereocenters. The van der Waals surface area contributed by atoms with E-state index in [1.165, 1.54) is 18.2 Å². The van der Waals surface area contributed by atoms with Crippen molar-refractivity contribution >= 4 is 23.4 Å². The van der Waals surface area contributed by atoms with Crippen molar-refractivity contribution < 1.29 is 9.90 Å². The summed E-state index contributed by atoms with van der Waals surface area (Å²) in [6.45, 7) is 1.71. The van der Waals surface area contributed by atoms with Crippen LogP contribution >= 0.6 is 11.8 Å². The Morgan fingerprint density at radius 2 is 2.25 bits per heavy atom. The van der Waals surface area contributed by atoms with Gasteiger partial charge in [0.25, 0.3) is 5.56 Å². The van der Waals surface area contributed by atoms with Crippen molar-refractivity contribution in [3.8, 4) is 5.75 Å². The normalized spacial score (nSPS) is 10.2. The highest BCUT2D eigenvalue weighted by Crippen LogP contribution is 2.16. The number of rotatable bonds is 4. The Morgan fingerprint density at radius 3 is 2.95 bits per heavy atom. The summed E-state index contributed by atoms with van der Waals surface area (Å²) in [6.07, 6.45) is 0. The maximum absolute atomic E-state index is 11.7. The van der Waals surface area contributed by atoms with E-state index < -0.39 is 0 Å². The molecule has 3 N–H and O–H groups in total. The molecule has 1 aromatic heterocycles. The van der Waals surface area contributed by atoms with E-state index in [1.54, 1.807) is 19.1 Å². The predicted molar refractivity (Wildman–Crippen MR) is 77.1 cm³/mol. The van der Waals surface area contributed by atoms with Crippen LogP contribution in [0.15, 0.2) is 40.3 Å². The third-order valence-corrected chi connectivity index (χ3v) is 3.19. The zero-order valence-corrected chi connectivity index (χ0v) is 11.5. The number of aromatic hydroxyl groups is 1. The van der Waals surface area contributed by atoms with Gasteiger partial charge in [-0.05, 0) is 19.1 Å². The number of phenolic OH excluding ortho intramolecular Hbond substituents is 1. The zero-order chi connectivity index (χ0) is 14.5. The Balaban J connectivity index is 1.93. The molecule has 0 saturated heterocycles. The fourth-order valence-electron chi connectivity index (χ4n) is 1.53. The number of hydrogen-bond acceptors (Lipinski definition) is 5. The lowest BCUT2D eigenvalue weighted by molar-refractivity contribution is -0.113. The summed E-state index contributed by atoms with van der Waals surface area (Å²) in [4.78, 5) is 29.6. The van der Waals surface area contributed by atoms with Crippen LogP contribution in [0.3, 0.4) is 0 Å². The minimum absolute atomic E-state index is 0.0835. The number of hydrogen-bond donors (Lipinski definition) is 3. The molecule has 1 aromatic carbocycles. The minimum Gasteiger partial charge on any atom is -0.508 e. The van der Waals surface area contributed by atoms with E-state index in [-0.39, 0.29) is 23.0 Å². The van der Waals surface area contributed by atoms with Gasteiger partial charge in [0.1, 0.15) is 5.75 Å².